The molecule has 4 heteroatoms. The molecule has 1 aromatic carbocycles. The topological polar surface area (TPSA) is 44.5 Å². The monoisotopic (exact) mass is 257 g/mol. The average molecular weight is 257 g/mol. The smallest absolute Gasteiger partial charge is 0.178 e. The third-order valence-corrected chi connectivity index (χ3v) is 4.02. The van der Waals surface area contributed by atoms with E-state index in [2.05, 4.69) is 22.5 Å². The van der Waals surface area contributed by atoms with E-state index in [4.69, 9.17) is 17.5 Å². The predicted octanol–water partition coefficient (Wildman–Crippen LogP) is 3.93. The molecule has 0 aliphatic heterocycles. The number of hydrogen-bond donors (Lipinski definition) is 1. The number of benzene rings is 1. The molecule has 3 nitrogen and oxygen atoms in total. The molecule has 2 aromatic rings. The van der Waals surface area contributed by atoms with Crippen LogP contribution < -0.4 is 0 Å². The maximum absolute atomic E-state index is 8.99. The first-order valence-corrected chi connectivity index (χ1v) is 6.79. The predicted molar refractivity (Wildman–Crippen MR) is 73.9 cm³/mol. The van der Waals surface area contributed by atoms with Crippen molar-refractivity contribution in [1.29, 1.82) is 5.26 Å². The summed E-state index contributed by atoms with van der Waals surface area (Å²) in [5, 5.41) is 8.99. The molecule has 0 saturated heterocycles. The van der Waals surface area contributed by atoms with Gasteiger partial charge in [-0.3, -0.25) is 0 Å². The SMILES string of the molecule is CCCC1CC1n1c(=S)[nH]c2ccc(C#N)cc21. The van der Waals surface area contributed by atoms with E-state index in [0.29, 0.717) is 11.6 Å². The van der Waals surface area contributed by atoms with Crippen LogP contribution in [-0.4, -0.2) is 9.55 Å². The van der Waals surface area contributed by atoms with Crippen LogP contribution in [0.4, 0.5) is 0 Å². The quantitative estimate of drug-likeness (QED) is 0.847. The Morgan fingerprint density at radius 2 is 2.39 bits per heavy atom. The van der Waals surface area contributed by atoms with E-state index >= 15 is 0 Å². The molecular formula is C14H15N3S. The number of hydrogen-bond acceptors (Lipinski definition) is 2. The molecular weight excluding hydrogens is 242 g/mol. The van der Waals surface area contributed by atoms with Gasteiger partial charge in [-0.2, -0.15) is 5.26 Å². The fourth-order valence-corrected chi connectivity index (χ4v) is 3.09. The summed E-state index contributed by atoms with van der Waals surface area (Å²) in [4.78, 5) is 3.23. The highest BCUT2D eigenvalue weighted by Crippen LogP contribution is 2.47. The number of nitriles is 1. The van der Waals surface area contributed by atoms with Gasteiger partial charge in [0, 0.05) is 6.04 Å². The summed E-state index contributed by atoms with van der Waals surface area (Å²) in [6, 6.07) is 8.42. The summed E-state index contributed by atoms with van der Waals surface area (Å²) in [5.41, 5.74) is 2.79. The first-order chi connectivity index (χ1) is 8.74. The number of nitrogens with one attached hydrogen (secondary N) is 1. The van der Waals surface area contributed by atoms with Crippen molar-refractivity contribution in [3.63, 3.8) is 0 Å². The van der Waals surface area contributed by atoms with Crippen molar-refractivity contribution >= 4 is 23.3 Å². The van der Waals surface area contributed by atoms with E-state index in [1.807, 2.05) is 18.2 Å². The molecule has 1 N–H and O–H groups in total. The van der Waals surface area contributed by atoms with E-state index in [0.717, 1.165) is 21.7 Å². The van der Waals surface area contributed by atoms with Gasteiger partial charge in [0.2, 0.25) is 0 Å². The van der Waals surface area contributed by atoms with Crippen LogP contribution in [0.5, 0.6) is 0 Å². The summed E-state index contributed by atoms with van der Waals surface area (Å²) in [7, 11) is 0. The Kier molecular flexibility index (Phi) is 2.71. The normalized spacial score (nSPS) is 22.0. The van der Waals surface area contributed by atoms with Crippen LogP contribution in [0, 0.1) is 22.0 Å². The lowest BCUT2D eigenvalue weighted by molar-refractivity contribution is 0.613. The highest BCUT2D eigenvalue weighted by Gasteiger charge is 2.38. The summed E-state index contributed by atoms with van der Waals surface area (Å²) >= 11 is 5.41. The van der Waals surface area contributed by atoms with Gasteiger partial charge in [-0.15, -0.1) is 0 Å². The Morgan fingerprint density at radius 3 is 3.11 bits per heavy atom. The van der Waals surface area contributed by atoms with E-state index in [1.165, 1.54) is 19.3 Å². The zero-order valence-electron chi connectivity index (χ0n) is 10.3. The number of rotatable bonds is 3. The minimum atomic E-state index is 0.528. The molecule has 1 fully saturated rings. The Bertz CT molecular complexity index is 689. The molecule has 0 radical (unpaired) electrons. The van der Waals surface area contributed by atoms with Gasteiger partial charge >= 0.3 is 0 Å². The molecule has 18 heavy (non-hydrogen) atoms. The van der Waals surface area contributed by atoms with Crippen LogP contribution >= 0.6 is 12.2 Å². The molecule has 1 aromatic heterocycles. The van der Waals surface area contributed by atoms with Crippen LogP contribution in [0.25, 0.3) is 11.0 Å². The minimum absolute atomic E-state index is 0.528. The zero-order chi connectivity index (χ0) is 12.7. The molecule has 2 unspecified atom stereocenters. The largest absolute Gasteiger partial charge is 0.331 e. The molecule has 0 amide bonds. The van der Waals surface area contributed by atoms with Crippen LogP contribution in [0.1, 0.15) is 37.8 Å². The highest BCUT2D eigenvalue weighted by atomic mass is 32.1. The van der Waals surface area contributed by atoms with Gasteiger partial charge in [0.05, 0.1) is 22.7 Å². The van der Waals surface area contributed by atoms with Gasteiger partial charge in [-0.05, 0) is 49.2 Å². The average Bonchev–Trinajstić information content (AvgIpc) is 3.03. The Balaban J connectivity index is 2.09. The number of imidazole rings is 1. The van der Waals surface area contributed by atoms with Gasteiger partial charge < -0.3 is 9.55 Å². The van der Waals surface area contributed by atoms with Crippen molar-refractivity contribution in [2.75, 3.05) is 0 Å². The van der Waals surface area contributed by atoms with Crippen LogP contribution in [0.3, 0.4) is 0 Å². The summed E-state index contributed by atoms with van der Waals surface area (Å²) in [6.07, 6.45) is 3.70. The minimum Gasteiger partial charge on any atom is -0.331 e. The van der Waals surface area contributed by atoms with Gasteiger partial charge in [0.15, 0.2) is 4.77 Å². The number of H-pyrrole nitrogens is 1. The lowest BCUT2D eigenvalue weighted by Gasteiger charge is -2.03. The van der Waals surface area contributed by atoms with Gasteiger partial charge in [0.1, 0.15) is 0 Å². The van der Waals surface area contributed by atoms with Crippen molar-refractivity contribution in [1.82, 2.24) is 9.55 Å². The first kappa shape index (κ1) is 11.5. The summed E-state index contributed by atoms with van der Waals surface area (Å²) < 4.78 is 2.98. The molecule has 0 spiro atoms. The highest BCUT2D eigenvalue weighted by molar-refractivity contribution is 7.71. The molecule has 1 saturated carbocycles. The van der Waals surface area contributed by atoms with Crippen molar-refractivity contribution < 1.29 is 0 Å². The standard InChI is InChI=1S/C14H15N3S/c1-2-3-10-7-12(10)17-13-6-9(8-15)4-5-11(13)16-14(17)18/h4-6,10,12H,2-3,7H2,1H3,(H,16,18). The van der Waals surface area contributed by atoms with Gasteiger partial charge in [-0.25, -0.2) is 0 Å². The second kappa shape index (κ2) is 4.25. The number of fused-ring (bicyclic) bond motifs is 1. The molecule has 1 aliphatic carbocycles. The maximum atomic E-state index is 8.99. The second-order valence-electron chi connectivity index (χ2n) is 5.00. The van der Waals surface area contributed by atoms with Crippen molar-refractivity contribution in [3.05, 3.63) is 28.5 Å². The van der Waals surface area contributed by atoms with E-state index in [1.54, 1.807) is 0 Å². The van der Waals surface area contributed by atoms with Crippen molar-refractivity contribution in [2.45, 2.75) is 32.2 Å². The van der Waals surface area contributed by atoms with Crippen LogP contribution in [0.2, 0.25) is 0 Å². The fraction of sp³-hybridized carbons (Fsp3) is 0.429. The summed E-state index contributed by atoms with van der Waals surface area (Å²) in [5.74, 6) is 0.756. The molecule has 2 atom stereocenters. The second-order valence-corrected chi connectivity index (χ2v) is 5.38. The number of aromatic amines is 1. The molecule has 1 heterocycles. The Labute approximate surface area is 111 Å². The molecule has 3 rings (SSSR count). The number of nitrogens with zero attached hydrogens (tertiary/aromatic N) is 2. The van der Waals surface area contributed by atoms with E-state index in [9.17, 15) is 0 Å². The molecule has 0 bridgehead atoms. The maximum Gasteiger partial charge on any atom is 0.178 e. The Hall–Kier alpha value is -1.60. The summed E-state index contributed by atoms with van der Waals surface area (Å²) in [6.45, 7) is 2.22. The number of aromatic nitrogens is 2. The first-order valence-electron chi connectivity index (χ1n) is 6.39. The van der Waals surface area contributed by atoms with Crippen molar-refractivity contribution in [2.24, 2.45) is 5.92 Å². The van der Waals surface area contributed by atoms with Crippen LogP contribution in [-0.2, 0) is 0 Å². The third-order valence-electron chi connectivity index (χ3n) is 3.72. The van der Waals surface area contributed by atoms with Crippen LogP contribution in [0.15, 0.2) is 18.2 Å². The van der Waals surface area contributed by atoms with E-state index < -0.39 is 0 Å². The lowest BCUT2D eigenvalue weighted by atomic mass is 10.2. The zero-order valence-corrected chi connectivity index (χ0v) is 11.1. The molecule has 1 aliphatic rings. The fourth-order valence-electron chi connectivity index (χ4n) is 2.75. The van der Waals surface area contributed by atoms with E-state index in [-0.39, 0.29) is 0 Å². The Morgan fingerprint density at radius 1 is 1.56 bits per heavy atom. The van der Waals surface area contributed by atoms with Gasteiger partial charge in [-0.1, -0.05) is 13.3 Å². The van der Waals surface area contributed by atoms with Gasteiger partial charge in [0.25, 0.3) is 0 Å². The third kappa shape index (κ3) is 1.75. The van der Waals surface area contributed by atoms with Crippen molar-refractivity contribution in [3.8, 4) is 6.07 Å². The molecule has 92 valence electrons. The lowest BCUT2D eigenvalue weighted by Crippen LogP contribution is -1.96.